The first-order valence-electron chi connectivity index (χ1n) is 22.3. The van der Waals surface area contributed by atoms with Gasteiger partial charge in [0.1, 0.15) is 12.6 Å². The lowest BCUT2D eigenvalue weighted by molar-refractivity contribution is -0.161. The summed E-state index contributed by atoms with van der Waals surface area (Å²) in [5.74, 6) is -2.42. The van der Waals surface area contributed by atoms with Crippen LogP contribution in [0.4, 0.5) is 0 Å². The van der Waals surface area contributed by atoms with Crippen molar-refractivity contribution < 1.29 is 47.5 Å². The molecule has 0 spiro atoms. The highest BCUT2D eigenvalue weighted by Gasteiger charge is 2.28. The Morgan fingerprint density at radius 3 is 1.45 bits per heavy atom. The molecule has 0 radical (unpaired) electrons. The summed E-state index contributed by atoms with van der Waals surface area (Å²) in [5, 5.41) is 8.89. The summed E-state index contributed by atoms with van der Waals surface area (Å²) in [7, 11) is -4.72. The molecule has 0 rings (SSSR count). The third kappa shape index (κ3) is 40.0. The minimum absolute atomic E-state index is 0.154. The number of carboxylic acid groups (broad SMARTS) is 1. The fourth-order valence-corrected chi connectivity index (χ4v) is 6.58. The zero-order valence-corrected chi connectivity index (χ0v) is 37.0. The van der Waals surface area contributed by atoms with Crippen LogP contribution in [-0.4, -0.2) is 59.9 Å². The number of nitrogens with two attached hydrogens (primary N) is 1. The summed E-state index contributed by atoms with van der Waals surface area (Å²) >= 11 is 0. The van der Waals surface area contributed by atoms with E-state index >= 15 is 0 Å². The van der Waals surface area contributed by atoms with E-state index in [0.717, 1.165) is 70.6 Å². The second-order valence-electron chi connectivity index (χ2n) is 14.8. The van der Waals surface area contributed by atoms with E-state index in [0.29, 0.717) is 12.8 Å². The number of rotatable bonds is 41. The van der Waals surface area contributed by atoms with Crippen molar-refractivity contribution in [2.45, 2.75) is 193 Å². The van der Waals surface area contributed by atoms with E-state index in [9.17, 15) is 23.8 Å². The number of hydrogen-bond acceptors (Lipinski definition) is 9. The van der Waals surface area contributed by atoms with Gasteiger partial charge in [0.15, 0.2) is 6.10 Å². The first-order chi connectivity index (χ1) is 28.1. The molecule has 0 aromatic carbocycles. The lowest BCUT2D eigenvalue weighted by Crippen LogP contribution is -2.34. The third-order valence-corrected chi connectivity index (χ3v) is 10.2. The molecule has 334 valence electrons. The lowest BCUT2D eigenvalue weighted by Gasteiger charge is -2.20. The van der Waals surface area contributed by atoms with Gasteiger partial charge in [-0.05, 0) is 57.8 Å². The number of esters is 2. The number of carbonyl (C=O) groups excluding carboxylic acids is 2. The van der Waals surface area contributed by atoms with Gasteiger partial charge in [0, 0.05) is 12.8 Å². The summed E-state index contributed by atoms with van der Waals surface area (Å²) in [5.41, 5.74) is 5.33. The van der Waals surface area contributed by atoms with E-state index in [2.05, 4.69) is 79.1 Å². The Morgan fingerprint density at radius 1 is 0.552 bits per heavy atom. The van der Waals surface area contributed by atoms with Crippen LogP contribution in [0.25, 0.3) is 0 Å². The van der Waals surface area contributed by atoms with Crippen molar-refractivity contribution in [3.05, 3.63) is 60.8 Å². The van der Waals surface area contributed by atoms with Gasteiger partial charge >= 0.3 is 25.7 Å². The van der Waals surface area contributed by atoms with Crippen molar-refractivity contribution in [1.29, 1.82) is 0 Å². The Morgan fingerprint density at radius 2 is 0.966 bits per heavy atom. The molecule has 0 aliphatic rings. The second-order valence-corrected chi connectivity index (χ2v) is 16.3. The van der Waals surface area contributed by atoms with Gasteiger partial charge in [-0.1, -0.05) is 171 Å². The number of carboxylic acids is 1. The molecule has 3 atom stereocenters. The number of phosphoric acid groups is 1. The summed E-state index contributed by atoms with van der Waals surface area (Å²) in [4.78, 5) is 46.0. The van der Waals surface area contributed by atoms with Gasteiger partial charge in [-0.25, -0.2) is 4.57 Å². The maximum Gasteiger partial charge on any atom is 0.472 e. The SMILES string of the molecule is CC/C=C/C/C=C/C/C=C/C/C=C/C/C=C/CCCCCC(=O)OC[C@H](COP(=O)(O)OC[C@H](N)C(=O)O)OC(=O)CCCCCCCCCCCCCCCCC. The van der Waals surface area contributed by atoms with Gasteiger partial charge in [-0.2, -0.15) is 0 Å². The van der Waals surface area contributed by atoms with Gasteiger partial charge in [0.05, 0.1) is 13.2 Å². The van der Waals surface area contributed by atoms with Gasteiger partial charge in [0.2, 0.25) is 0 Å². The van der Waals surface area contributed by atoms with Crippen LogP contribution >= 0.6 is 7.82 Å². The molecule has 12 heteroatoms. The molecule has 0 fully saturated rings. The molecule has 0 saturated heterocycles. The van der Waals surface area contributed by atoms with E-state index in [4.69, 9.17) is 24.8 Å². The fourth-order valence-electron chi connectivity index (χ4n) is 5.80. The Balaban J connectivity index is 4.40. The quantitative estimate of drug-likeness (QED) is 0.0231. The highest BCUT2D eigenvalue weighted by molar-refractivity contribution is 7.47. The maximum absolute atomic E-state index is 12.6. The summed E-state index contributed by atoms with van der Waals surface area (Å²) in [6.07, 6.45) is 47.1. The van der Waals surface area contributed by atoms with Crippen molar-refractivity contribution in [3.8, 4) is 0 Å². The molecule has 58 heavy (non-hydrogen) atoms. The maximum atomic E-state index is 12.6. The number of hydrogen-bond donors (Lipinski definition) is 3. The van der Waals surface area contributed by atoms with Crippen molar-refractivity contribution in [2.75, 3.05) is 19.8 Å². The molecule has 0 amide bonds. The average molecular weight is 838 g/mol. The monoisotopic (exact) mass is 838 g/mol. The van der Waals surface area contributed by atoms with E-state index in [1.807, 2.05) is 0 Å². The molecule has 0 bridgehead atoms. The van der Waals surface area contributed by atoms with Gasteiger partial charge < -0.3 is 25.2 Å². The van der Waals surface area contributed by atoms with Gasteiger partial charge in [-0.15, -0.1) is 0 Å². The molecule has 0 aliphatic heterocycles. The number of ether oxygens (including phenoxy) is 2. The summed E-state index contributed by atoms with van der Waals surface area (Å²) < 4.78 is 32.7. The number of unbranched alkanes of at least 4 members (excludes halogenated alkanes) is 17. The van der Waals surface area contributed by atoms with E-state index in [1.165, 1.54) is 70.6 Å². The predicted octanol–water partition coefficient (Wildman–Crippen LogP) is 12.0. The first kappa shape index (κ1) is 55.2. The first-order valence-corrected chi connectivity index (χ1v) is 23.8. The molecule has 0 aliphatic carbocycles. The van der Waals surface area contributed by atoms with Crippen LogP contribution in [0.3, 0.4) is 0 Å². The van der Waals surface area contributed by atoms with Crippen molar-refractivity contribution in [1.82, 2.24) is 0 Å². The lowest BCUT2D eigenvalue weighted by atomic mass is 10.0. The van der Waals surface area contributed by atoms with Crippen molar-refractivity contribution in [3.63, 3.8) is 0 Å². The number of phosphoric ester groups is 1. The molecule has 1 unspecified atom stereocenters. The van der Waals surface area contributed by atoms with Crippen LogP contribution in [0.2, 0.25) is 0 Å². The van der Waals surface area contributed by atoms with E-state index in [1.54, 1.807) is 0 Å². The van der Waals surface area contributed by atoms with Crippen molar-refractivity contribution in [2.24, 2.45) is 5.73 Å². The molecule has 0 aromatic heterocycles. The van der Waals surface area contributed by atoms with E-state index < -0.39 is 51.1 Å². The summed E-state index contributed by atoms with van der Waals surface area (Å²) in [6, 6.07) is -1.53. The topological polar surface area (TPSA) is 172 Å². The van der Waals surface area contributed by atoms with E-state index in [-0.39, 0.29) is 19.4 Å². The molecule has 0 aromatic rings. The third-order valence-electron chi connectivity index (χ3n) is 9.28. The zero-order chi connectivity index (χ0) is 42.8. The predicted molar refractivity (Wildman–Crippen MR) is 235 cm³/mol. The van der Waals surface area contributed by atoms with Crippen LogP contribution in [0.15, 0.2) is 60.8 Å². The largest absolute Gasteiger partial charge is 0.480 e. The molecule has 0 heterocycles. The van der Waals surface area contributed by atoms with Crippen LogP contribution < -0.4 is 5.73 Å². The molecule has 4 N–H and O–H groups in total. The smallest absolute Gasteiger partial charge is 0.472 e. The second kappa shape index (κ2) is 40.9. The number of aliphatic carboxylic acids is 1. The zero-order valence-electron chi connectivity index (χ0n) is 36.1. The van der Waals surface area contributed by atoms with Gasteiger partial charge in [-0.3, -0.25) is 23.4 Å². The fraction of sp³-hybridized carbons (Fsp3) is 0.717. The Bertz CT molecular complexity index is 1210. The Labute approximate surface area is 351 Å². The Kier molecular flexibility index (Phi) is 38.9. The van der Waals surface area contributed by atoms with Crippen molar-refractivity contribution >= 4 is 25.7 Å². The highest BCUT2D eigenvalue weighted by Crippen LogP contribution is 2.43. The molecular formula is C46H80NO10P. The minimum Gasteiger partial charge on any atom is -0.480 e. The minimum atomic E-state index is -4.72. The number of carbonyl (C=O) groups is 3. The molecule has 0 saturated carbocycles. The number of allylic oxidation sites excluding steroid dienone is 10. The van der Waals surface area contributed by atoms with Gasteiger partial charge in [0.25, 0.3) is 0 Å². The molecular weight excluding hydrogens is 757 g/mol. The highest BCUT2D eigenvalue weighted by atomic mass is 31.2. The normalized spacial score (nSPS) is 14.3. The summed E-state index contributed by atoms with van der Waals surface area (Å²) in [6.45, 7) is 2.66. The average Bonchev–Trinajstić information content (AvgIpc) is 3.20. The van der Waals surface area contributed by atoms with Crippen LogP contribution in [0.5, 0.6) is 0 Å². The van der Waals surface area contributed by atoms with Crippen LogP contribution in [0, 0.1) is 0 Å². The molecule has 11 nitrogen and oxygen atoms in total. The van der Waals surface area contributed by atoms with Crippen LogP contribution in [-0.2, 0) is 37.5 Å². The Hall–Kier alpha value is -2.82. The van der Waals surface area contributed by atoms with Crippen LogP contribution in [0.1, 0.15) is 181 Å². The standard InChI is InChI=1S/C46H80NO10P/c1-3-5-7-9-11-13-15-17-19-20-21-22-24-25-27-29-31-33-35-37-44(48)54-39-42(40-55-58(52,53)56-41-43(47)46(50)51)57-45(49)38-36-34-32-30-28-26-23-18-16-14-12-10-8-6-4-2/h5,7,11,13,17,19,21-22,25,27,42-43H,3-4,6,8-10,12,14-16,18,20,23-24,26,28-41,47H2,1-2H3,(H,50,51)(H,52,53)/b7-5+,13-11+,19-17+,22-21+,27-25+/t42-,43+/m1/s1.